The Morgan fingerprint density at radius 1 is 0.797 bits per heavy atom. The Morgan fingerprint density at radius 3 is 2.22 bits per heavy atom. The summed E-state index contributed by atoms with van der Waals surface area (Å²) in [5.41, 5.74) is 12.6. The molecular weight excluding hydrogens is 924 g/mol. The number of furan rings is 1. The first kappa shape index (κ1) is 38.0. The van der Waals surface area contributed by atoms with Crippen LogP contribution in [0.4, 0.5) is 4.39 Å². The second-order valence-corrected chi connectivity index (χ2v) is 22.4. The summed E-state index contributed by atoms with van der Waals surface area (Å²) in [6.07, 6.45) is 1.65. The number of aryl methyl sites for hydroxylation is 5. The number of fused-ring (bicyclic) bond motifs is 6. The zero-order chi connectivity index (χ0) is 43.8. The maximum Gasteiger partial charge on any atom is 0.216 e. The van der Waals surface area contributed by atoms with Crippen LogP contribution >= 0.6 is 0 Å². The van der Waals surface area contributed by atoms with E-state index in [1.165, 1.54) is 39.6 Å². The van der Waals surface area contributed by atoms with Crippen molar-refractivity contribution in [3.63, 3.8) is 0 Å². The monoisotopic (exact) mass is 976 g/mol. The fourth-order valence-corrected chi connectivity index (χ4v) is 9.29. The third-order valence-electron chi connectivity index (χ3n) is 10.8. The molecule has 0 N–H and O–H groups in total. The molecule has 0 aliphatic heterocycles. The molecule has 0 fully saturated rings. The molecule has 59 heavy (non-hydrogen) atoms. The van der Waals surface area contributed by atoms with Gasteiger partial charge in [-0.25, -0.2) is 4.98 Å². The smallest absolute Gasteiger partial charge is 0.216 e. The molecule has 9 aromatic rings. The summed E-state index contributed by atoms with van der Waals surface area (Å²) in [6, 6.07) is 35.6. The summed E-state index contributed by atoms with van der Waals surface area (Å²) >= 11 is 0. The number of aromatic nitrogens is 4. The summed E-state index contributed by atoms with van der Waals surface area (Å²) in [5.74, 6) is 0.440. The molecule has 4 aromatic heterocycles. The van der Waals surface area contributed by atoms with Crippen molar-refractivity contribution in [1.29, 1.82) is 0 Å². The topological polar surface area (TPSA) is 56.7 Å². The molecule has 5 aromatic carbocycles. The van der Waals surface area contributed by atoms with Gasteiger partial charge in [0.1, 0.15) is 0 Å². The van der Waals surface area contributed by atoms with E-state index in [0.29, 0.717) is 22.5 Å². The number of hydrogen-bond acceptors (Lipinski definition) is 4. The van der Waals surface area contributed by atoms with E-state index in [9.17, 15) is 4.39 Å². The first-order valence-corrected chi connectivity index (χ1v) is 23.1. The van der Waals surface area contributed by atoms with Gasteiger partial charge in [0.25, 0.3) is 0 Å². The molecule has 0 unspecified atom stereocenters. The molecule has 0 spiro atoms. The third-order valence-corrected chi connectivity index (χ3v) is 12.8. The van der Waals surface area contributed by atoms with E-state index < -0.39 is 14.9 Å². The van der Waals surface area contributed by atoms with Crippen molar-refractivity contribution in [3.05, 3.63) is 149 Å². The van der Waals surface area contributed by atoms with Crippen LogP contribution in [0.2, 0.25) is 19.6 Å². The Balaban J connectivity index is 0.000000223. The van der Waals surface area contributed by atoms with Gasteiger partial charge in [-0.2, -0.15) is 0 Å². The molecular formula is C51H49FIrN4OSi-2. The minimum absolute atomic E-state index is 0. The van der Waals surface area contributed by atoms with Crippen molar-refractivity contribution in [2.24, 2.45) is 0 Å². The predicted molar refractivity (Wildman–Crippen MR) is 242 cm³/mol. The average Bonchev–Trinajstić information content (AvgIpc) is 3.77. The van der Waals surface area contributed by atoms with E-state index in [4.69, 9.17) is 18.5 Å². The van der Waals surface area contributed by atoms with Crippen molar-refractivity contribution in [2.75, 3.05) is 0 Å². The second kappa shape index (κ2) is 15.7. The van der Waals surface area contributed by atoms with E-state index in [2.05, 4.69) is 157 Å². The van der Waals surface area contributed by atoms with E-state index in [-0.39, 0.29) is 31.3 Å². The SMILES string of the molecule is Cc1cc(C)c(-n2c(-c3[c-]cc(C)c4c3oc3nc(C(C)(C)C)ccc34)nc3ccc4ccccc4c32)c(C)c1.[2H]C([2H])([2H])c1cc(-c2[c-]cc(F)cc2)ncc1[Si](C)(C)C.[Ir]. The Labute approximate surface area is 365 Å². The van der Waals surface area contributed by atoms with E-state index in [1.807, 2.05) is 0 Å². The van der Waals surface area contributed by atoms with Crippen molar-refractivity contribution >= 4 is 57.1 Å². The molecule has 8 heteroatoms. The van der Waals surface area contributed by atoms with Crippen LogP contribution in [0.1, 0.15) is 58.4 Å². The van der Waals surface area contributed by atoms with Gasteiger partial charge in [-0.3, -0.25) is 9.37 Å². The third kappa shape index (κ3) is 7.82. The zero-order valence-electron chi connectivity index (χ0n) is 38.1. The summed E-state index contributed by atoms with van der Waals surface area (Å²) in [6.45, 7) is 19.2. The van der Waals surface area contributed by atoms with Gasteiger partial charge in [0.2, 0.25) is 5.71 Å². The van der Waals surface area contributed by atoms with Gasteiger partial charge in [0, 0.05) is 63.8 Å². The van der Waals surface area contributed by atoms with Gasteiger partial charge in [-0.15, -0.1) is 47.5 Å². The van der Waals surface area contributed by atoms with Crippen LogP contribution in [-0.2, 0) is 25.5 Å². The molecule has 4 heterocycles. The van der Waals surface area contributed by atoms with Crippen LogP contribution < -0.4 is 5.19 Å². The van der Waals surface area contributed by atoms with Gasteiger partial charge >= 0.3 is 0 Å². The number of pyridine rings is 2. The molecule has 0 saturated heterocycles. The van der Waals surface area contributed by atoms with Crippen molar-refractivity contribution in [2.45, 2.75) is 80.4 Å². The predicted octanol–water partition coefficient (Wildman–Crippen LogP) is 13.0. The minimum Gasteiger partial charge on any atom is -0.486 e. The maximum absolute atomic E-state index is 13.0. The fraction of sp³-hybridized carbons (Fsp3) is 0.235. The molecule has 9 rings (SSSR count). The van der Waals surface area contributed by atoms with Crippen LogP contribution in [0.15, 0.2) is 102 Å². The van der Waals surface area contributed by atoms with Crippen LogP contribution in [0.5, 0.6) is 0 Å². The largest absolute Gasteiger partial charge is 0.486 e. The summed E-state index contributed by atoms with van der Waals surface area (Å²) < 4.78 is 45.1. The van der Waals surface area contributed by atoms with Crippen molar-refractivity contribution in [3.8, 4) is 28.3 Å². The van der Waals surface area contributed by atoms with Gasteiger partial charge in [0.05, 0.1) is 30.5 Å². The van der Waals surface area contributed by atoms with Crippen LogP contribution in [0.3, 0.4) is 0 Å². The number of rotatable bonds is 4. The molecule has 0 bridgehead atoms. The number of benzene rings is 5. The normalized spacial score (nSPS) is 12.9. The summed E-state index contributed by atoms with van der Waals surface area (Å²) in [5, 5.41) is 5.27. The molecule has 0 atom stereocenters. The van der Waals surface area contributed by atoms with E-state index in [0.717, 1.165) is 60.9 Å². The Kier molecular flexibility index (Phi) is 10.1. The fourth-order valence-electron chi connectivity index (χ4n) is 7.96. The van der Waals surface area contributed by atoms with E-state index in [1.54, 1.807) is 18.3 Å². The van der Waals surface area contributed by atoms with Gasteiger partial charge < -0.3 is 14.0 Å². The second-order valence-electron chi connectivity index (χ2n) is 17.4. The number of nitrogens with zero attached hydrogens (tertiary/aromatic N) is 4. The Morgan fingerprint density at radius 2 is 1.54 bits per heavy atom. The summed E-state index contributed by atoms with van der Waals surface area (Å²) in [4.78, 5) is 14.6. The average molecular weight is 976 g/mol. The van der Waals surface area contributed by atoms with Gasteiger partial charge in [-0.05, 0) is 73.2 Å². The molecule has 1 radical (unpaired) electrons. The zero-order valence-corrected chi connectivity index (χ0v) is 38.5. The molecule has 0 saturated carbocycles. The number of halogens is 1. The summed E-state index contributed by atoms with van der Waals surface area (Å²) in [7, 11) is -1.81. The van der Waals surface area contributed by atoms with Gasteiger partial charge in [-0.1, -0.05) is 118 Å². The first-order valence-electron chi connectivity index (χ1n) is 21.1. The maximum atomic E-state index is 13.0. The number of hydrogen-bond donors (Lipinski definition) is 0. The van der Waals surface area contributed by atoms with Crippen molar-refractivity contribution in [1.82, 2.24) is 19.5 Å². The molecule has 301 valence electrons. The standard InChI is InChI=1S/C36H32N3O.C15H17FNSi.Ir/c1-20-18-22(3)31(23(4)19-20)39-32-25-11-9-8-10-24(25)13-16-28(32)37-34(39)27-14-12-21(2)30-26-15-17-29(36(5,6)7)38-35(26)40-33(27)30;1-11-9-14(12-5-7-13(16)8-6-12)17-10-15(11)18(2,3)4;/h8-13,15-19H,1-7H3;5,7-10H,1-4H3;/q2*-1;/i;1D3;. The van der Waals surface area contributed by atoms with E-state index >= 15 is 0 Å². The van der Waals surface area contributed by atoms with Crippen LogP contribution in [0, 0.1) is 52.5 Å². The Hall–Kier alpha value is -5.27. The van der Waals surface area contributed by atoms with Crippen LogP contribution in [-0.4, -0.2) is 27.6 Å². The number of imidazole rings is 1. The Bertz CT molecular complexity index is 3140. The minimum atomic E-state index is -2.19. The van der Waals surface area contributed by atoms with Gasteiger partial charge in [0.15, 0.2) is 0 Å². The molecule has 5 nitrogen and oxygen atoms in total. The van der Waals surface area contributed by atoms with Crippen LogP contribution in [0.25, 0.3) is 72.2 Å². The quantitative estimate of drug-likeness (QED) is 0.130. The molecule has 0 amide bonds. The first-order chi connectivity index (χ1) is 28.7. The molecule has 0 aliphatic rings. The molecule has 0 aliphatic carbocycles. The van der Waals surface area contributed by atoms with Crippen molar-refractivity contribution < 1.29 is 33.0 Å².